The number of amides is 3. The van der Waals surface area contributed by atoms with Crippen molar-refractivity contribution in [2.45, 2.75) is 12.8 Å². The van der Waals surface area contributed by atoms with Crippen LogP contribution in [0.25, 0.3) is 10.2 Å². The quantitative estimate of drug-likeness (QED) is 0.648. The number of nitrogens with zero attached hydrogens (tertiary/aromatic N) is 2. The normalized spacial score (nSPS) is 13.8. The number of thiazole rings is 1. The Hall–Kier alpha value is -3.46. The molecule has 29 heavy (non-hydrogen) atoms. The summed E-state index contributed by atoms with van der Waals surface area (Å²) >= 11 is 1.28. The molecule has 0 bridgehead atoms. The number of benzene rings is 2. The summed E-state index contributed by atoms with van der Waals surface area (Å²) in [6.45, 7) is 0. The molecular weight excluding hydrogens is 394 g/mol. The fraction of sp³-hybridized carbons (Fsp3) is 0.200. The van der Waals surface area contributed by atoms with Crippen molar-refractivity contribution in [1.29, 1.82) is 0 Å². The number of ether oxygens (including phenoxy) is 2. The molecule has 3 amide bonds. The highest BCUT2D eigenvalue weighted by atomic mass is 32.1. The summed E-state index contributed by atoms with van der Waals surface area (Å²) in [5.74, 6) is 0.409. The van der Waals surface area contributed by atoms with Gasteiger partial charge in [0.2, 0.25) is 11.8 Å². The minimum Gasteiger partial charge on any atom is -0.495 e. The van der Waals surface area contributed by atoms with Crippen LogP contribution in [-0.2, 0) is 9.59 Å². The first kappa shape index (κ1) is 18.9. The van der Waals surface area contributed by atoms with Gasteiger partial charge in [0.25, 0.3) is 5.91 Å². The van der Waals surface area contributed by atoms with Gasteiger partial charge in [0.15, 0.2) is 5.13 Å². The van der Waals surface area contributed by atoms with Crippen molar-refractivity contribution in [2.75, 3.05) is 24.4 Å². The number of nitrogens with one attached hydrogen (secondary N) is 1. The maximum absolute atomic E-state index is 12.6. The molecule has 1 aliphatic rings. The lowest BCUT2D eigenvalue weighted by atomic mass is 10.2. The molecule has 9 heteroatoms. The number of methoxy groups -OCH3 is 2. The Bertz CT molecular complexity index is 1070. The van der Waals surface area contributed by atoms with Crippen LogP contribution in [0.2, 0.25) is 0 Å². The van der Waals surface area contributed by atoms with E-state index in [-0.39, 0.29) is 30.6 Å². The van der Waals surface area contributed by atoms with Crippen LogP contribution in [0.4, 0.5) is 10.8 Å². The number of anilines is 2. The van der Waals surface area contributed by atoms with Crippen LogP contribution in [0.5, 0.6) is 11.5 Å². The van der Waals surface area contributed by atoms with E-state index >= 15 is 0 Å². The van der Waals surface area contributed by atoms with Gasteiger partial charge in [-0.2, -0.15) is 0 Å². The van der Waals surface area contributed by atoms with E-state index in [1.165, 1.54) is 11.3 Å². The third-order valence-corrected chi connectivity index (χ3v) is 5.56. The number of hydrogen-bond acceptors (Lipinski definition) is 7. The first-order valence-corrected chi connectivity index (χ1v) is 9.62. The average Bonchev–Trinajstić information content (AvgIpc) is 3.30. The molecule has 1 aromatic heterocycles. The maximum Gasteiger partial charge on any atom is 0.257 e. The molecule has 0 unspecified atom stereocenters. The van der Waals surface area contributed by atoms with Gasteiger partial charge in [-0.05, 0) is 36.4 Å². The molecule has 148 valence electrons. The Labute approximate surface area is 170 Å². The minimum absolute atomic E-state index is 0.214. The lowest BCUT2D eigenvalue weighted by Gasteiger charge is -2.13. The van der Waals surface area contributed by atoms with Gasteiger partial charge in [0.1, 0.15) is 21.7 Å². The summed E-state index contributed by atoms with van der Waals surface area (Å²) in [5, 5.41) is 3.17. The number of hydrogen-bond donors (Lipinski definition) is 1. The van der Waals surface area contributed by atoms with Gasteiger partial charge in [0, 0.05) is 18.4 Å². The smallest absolute Gasteiger partial charge is 0.257 e. The SMILES string of the molecule is COc1ccc(OC)c2sc(NC(=O)c3ccc(N4C(=O)CCC4=O)cc3)nc12. The number of carbonyl (C=O) groups excluding carboxylic acids is 3. The molecule has 2 aromatic carbocycles. The van der Waals surface area contributed by atoms with E-state index in [0.717, 1.165) is 9.60 Å². The Morgan fingerprint density at radius 2 is 1.62 bits per heavy atom. The molecule has 0 aliphatic carbocycles. The third kappa shape index (κ3) is 3.40. The predicted octanol–water partition coefficient (Wildman–Crippen LogP) is 3.22. The van der Waals surface area contributed by atoms with Gasteiger partial charge in [-0.25, -0.2) is 4.98 Å². The monoisotopic (exact) mass is 411 g/mol. The molecule has 4 rings (SSSR count). The number of imide groups is 1. The molecule has 3 aromatic rings. The van der Waals surface area contributed by atoms with Gasteiger partial charge in [-0.15, -0.1) is 0 Å². The largest absolute Gasteiger partial charge is 0.495 e. The van der Waals surface area contributed by atoms with Crippen LogP contribution < -0.4 is 19.7 Å². The molecule has 1 N–H and O–H groups in total. The lowest BCUT2D eigenvalue weighted by Crippen LogP contribution is -2.28. The zero-order valence-corrected chi connectivity index (χ0v) is 16.5. The number of carbonyl (C=O) groups is 3. The van der Waals surface area contributed by atoms with Crippen LogP contribution >= 0.6 is 11.3 Å². The zero-order valence-electron chi connectivity index (χ0n) is 15.7. The first-order chi connectivity index (χ1) is 14.0. The van der Waals surface area contributed by atoms with Crippen LogP contribution in [0.3, 0.4) is 0 Å². The predicted molar refractivity (Wildman–Crippen MR) is 109 cm³/mol. The molecule has 0 spiro atoms. The van der Waals surface area contributed by atoms with Crippen LogP contribution in [0, 0.1) is 0 Å². The summed E-state index contributed by atoms with van der Waals surface area (Å²) in [4.78, 5) is 41.9. The summed E-state index contributed by atoms with van der Waals surface area (Å²) in [6.07, 6.45) is 0.428. The first-order valence-electron chi connectivity index (χ1n) is 8.80. The topological polar surface area (TPSA) is 97.8 Å². The average molecular weight is 411 g/mol. The number of rotatable bonds is 5. The van der Waals surface area contributed by atoms with Gasteiger partial charge in [-0.3, -0.25) is 24.6 Å². The molecule has 8 nitrogen and oxygen atoms in total. The molecular formula is C20H17N3O5S. The van der Waals surface area contributed by atoms with Crippen molar-refractivity contribution in [3.05, 3.63) is 42.0 Å². The highest BCUT2D eigenvalue weighted by Gasteiger charge is 2.30. The van der Waals surface area contributed by atoms with E-state index in [0.29, 0.717) is 33.4 Å². The Morgan fingerprint density at radius 3 is 2.24 bits per heavy atom. The van der Waals surface area contributed by atoms with E-state index in [2.05, 4.69) is 10.3 Å². The van der Waals surface area contributed by atoms with E-state index in [4.69, 9.17) is 9.47 Å². The van der Waals surface area contributed by atoms with Crippen molar-refractivity contribution >= 4 is 50.1 Å². The number of fused-ring (bicyclic) bond motifs is 1. The van der Waals surface area contributed by atoms with Crippen LogP contribution in [-0.4, -0.2) is 36.9 Å². The van der Waals surface area contributed by atoms with Crippen molar-refractivity contribution in [3.8, 4) is 11.5 Å². The Morgan fingerprint density at radius 1 is 1.00 bits per heavy atom. The second-order valence-electron chi connectivity index (χ2n) is 6.29. The summed E-state index contributed by atoms with van der Waals surface area (Å²) < 4.78 is 11.4. The van der Waals surface area contributed by atoms with E-state index < -0.39 is 0 Å². The highest BCUT2D eigenvalue weighted by Crippen LogP contribution is 2.38. The van der Waals surface area contributed by atoms with E-state index in [1.807, 2.05) is 0 Å². The second kappa shape index (κ2) is 7.51. The van der Waals surface area contributed by atoms with Gasteiger partial charge in [-0.1, -0.05) is 11.3 Å². The molecule has 0 atom stereocenters. The highest BCUT2D eigenvalue weighted by molar-refractivity contribution is 7.22. The summed E-state index contributed by atoms with van der Waals surface area (Å²) in [7, 11) is 3.12. The zero-order chi connectivity index (χ0) is 20.5. The molecule has 0 saturated carbocycles. The van der Waals surface area contributed by atoms with E-state index in [9.17, 15) is 14.4 Å². The molecule has 0 radical (unpaired) electrons. The lowest BCUT2D eigenvalue weighted by molar-refractivity contribution is -0.121. The van der Waals surface area contributed by atoms with Gasteiger partial charge in [0.05, 0.1) is 19.9 Å². The standard InChI is InChI=1S/C20H17N3O5S/c1-27-13-7-8-14(28-2)18-17(13)21-20(29-18)22-19(26)11-3-5-12(6-4-11)23-15(24)9-10-16(23)25/h3-8H,9-10H2,1-2H3,(H,21,22,26). The van der Waals surface area contributed by atoms with E-state index in [1.54, 1.807) is 50.6 Å². The van der Waals surface area contributed by atoms with Crippen molar-refractivity contribution < 1.29 is 23.9 Å². The molecule has 1 aliphatic heterocycles. The molecule has 1 fully saturated rings. The van der Waals surface area contributed by atoms with Crippen LogP contribution in [0.1, 0.15) is 23.2 Å². The number of aromatic nitrogens is 1. The van der Waals surface area contributed by atoms with Crippen molar-refractivity contribution in [1.82, 2.24) is 4.98 Å². The molecule has 1 saturated heterocycles. The summed E-state index contributed by atoms with van der Waals surface area (Å²) in [6, 6.07) is 9.84. The fourth-order valence-corrected chi connectivity index (χ4v) is 4.10. The van der Waals surface area contributed by atoms with Gasteiger partial charge < -0.3 is 9.47 Å². The second-order valence-corrected chi connectivity index (χ2v) is 7.29. The van der Waals surface area contributed by atoms with Crippen molar-refractivity contribution in [2.24, 2.45) is 0 Å². The Balaban J connectivity index is 1.56. The van der Waals surface area contributed by atoms with Crippen molar-refractivity contribution in [3.63, 3.8) is 0 Å². The third-order valence-electron chi connectivity index (χ3n) is 4.57. The fourth-order valence-electron chi connectivity index (χ4n) is 3.13. The van der Waals surface area contributed by atoms with Crippen LogP contribution in [0.15, 0.2) is 36.4 Å². The maximum atomic E-state index is 12.6. The van der Waals surface area contributed by atoms with Gasteiger partial charge >= 0.3 is 0 Å². The molecule has 2 heterocycles. The minimum atomic E-state index is -0.354. The Kier molecular flexibility index (Phi) is 4.89. The summed E-state index contributed by atoms with van der Waals surface area (Å²) in [5.41, 5.74) is 1.45.